The fourth-order valence-corrected chi connectivity index (χ4v) is 7.44. The van der Waals surface area contributed by atoms with E-state index in [4.69, 9.17) is 9.47 Å². The molecule has 1 N–H and O–H groups in total. The van der Waals surface area contributed by atoms with Gasteiger partial charge in [0.15, 0.2) is 0 Å². The summed E-state index contributed by atoms with van der Waals surface area (Å²) in [5, 5.41) is 0. The van der Waals surface area contributed by atoms with Gasteiger partial charge in [-0.3, -0.25) is 9.52 Å². The van der Waals surface area contributed by atoms with Crippen LogP contribution in [0.25, 0.3) is 0 Å². The Bertz CT molecular complexity index is 1290. The van der Waals surface area contributed by atoms with Crippen molar-refractivity contribution in [3.63, 3.8) is 0 Å². The van der Waals surface area contributed by atoms with Crippen molar-refractivity contribution < 1.29 is 22.7 Å². The van der Waals surface area contributed by atoms with Crippen LogP contribution in [0.3, 0.4) is 0 Å². The van der Waals surface area contributed by atoms with Gasteiger partial charge in [-0.2, -0.15) is 12.7 Å². The van der Waals surface area contributed by atoms with E-state index in [1.165, 1.54) is 0 Å². The second-order valence-corrected chi connectivity index (χ2v) is 12.5. The maximum absolute atomic E-state index is 13.3. The minimum absolute atomic E-state index is 0.00666. The van der Waals surface area contributed by atoms with Gasteiger partial charge in [0, 0.05) is 37.9 Å². The van der Waals surface area contributed by atoms with Gasteiger partial charge in [-0.05, 0) is 70.0 Å². The third-order valence-electron chi connectivity index (χ3n) is 8.12. The molecule has 0 aromatic heterocycles. The van der Waals surface area contributed by atoms with Gasteiger partial charge in [-0.25, -0.2) is 0 Å². The van der Waals surface area contributed by atoms with Gasteiger partial charge in [0.1, 0.15) is 18.0 Å². The number of ether oxygens (including phenoxy) is 2. The molecule has 10 heteroatoms. The van der Waals surface area contributed by atoms with Gasteiger partial charge in [-0.15, -0.1) is 0 Å². The van der Waals surface area contributed by atoms with Crippen molar-refractivity contribution in [2.75, 3.05) is 51.6 Å². The molecule has 2 aromatic carbocycles. The van der Waals surface area contributed by atoms with Gasteiger partial charge in [-0.1, -0.05) is 23.8 Å². The van der Waals surface area contributed by atoms with Gasteiger partial charge >= 0.3 is 10.2 Å². The highest BCUT2D eigenvalue weighted by Gasteiger charge is 2.43. The first-order valence-electron chi connectivity index (χ1n) is 13.3. The number of hydrogen-bond acceptors (Lipinski definition) is 6. The third kappa shape index (κ3) is 5.54. The number of piperidine rings is 1. The van der Waals surface area contributed by atoms with E-state index in [1.54, 1.807) is 40.6 Å². The summed E-state index contributed by atoms with van der Waals surface area (Å²) in [4.78, 5) is 17.2. The number of nitrogens with one attached hydrogen (secondary N) is 1. The first kappa shape index (κ1) is 26.9. The Labute approximate surface area is 225 Å². The van der Waals surface area contributed by atoms with E-state index in [2.05, 4.69) is 9.62 Å². The van der Waals surface area contributed by atoms with E-state index in [1.807, 2.05) is 39.1 Å². The van der Waals surface area contributed by atoms with Crippen LogP contribution in [-0.2, 0) is 14.9 Å². The SMILES string of the molecule is COC1CN(C(=O)c2cc(C)ccc2C)CC1Oc1cccc(NS(=O)(=O)N2CCC3CCN(C)CC32)c1. The molecular formula is C28H38N4O5S. The van der Waals surface area contributed by atoms with Crippen LogP contribution in [0.1, 0.15) is 34.3 Å². The summed E-state index contributed by atoms with van der Waals surface area (Å²) in [6.07, 6.45) is 1.26. The Morgan fingerprint density at radius 1 is 1.00 bits per heavy atom. The zero-order chi connectivity index (χ0) is 27.0. The van der Waals surface area contributed by atoms with Crippen molar-refractivity contribution in [1.29, 1.82) is 0 Å². The first-order chi connectivity index (χ1) is 18.1. The number of methoxy groups -OCH3 is 1. The fraction of sp³-hybridized carbons (Fsp3) is 0.536. The Morgan fingerprint density at radius 2 is 1.76 bits per heavy atom. The molecule has 0 bridgehead atoms. The highest BCUT2D eigenvalue weighted by atomic mass is 32.2. The van der Waals surface area contributed by atoms with Crippen LogP contribution in [0.5, 0.6) is 5.75 Å². The smallest absolute Gasteiger partial charge is 0.301 e. The quantitative estimate of drug-likeness (QED) is 0.579. The van der Waals surface area contributed by atoms with Crippen LogP contribution in [0.4, 0.5) is 5.69 Å². The molecule has 0 aliphatic carbocycles. The Balaban J connectivity index is 1.26. The van der Waals surface area contributed by atoms with Gasteiger partial charge in [0.25, 0.3) is 5.91 Å². The van der Waals surface area contributed by atoms with Crippen LogP contribution in [-0.4, -0.2) is 93.6 Å². The zero-order valence-corrected chi connectivity index (χ0v) is 23.4. The van der Waals surface area contributed by atoms with Crippen LogP contribution < -0.4 is 9.46 Å². The molecule has 0 saturated carbocycles. The summed E-state index contributed by atoms with van der Waals surface area (Å²) in [7, 11) is -0.0442. The Hall–Kier alpha value is -2.66. The summed E-state index contributed by atoms with van der Waals surface area (Å²) in [5.41, 5.74) is 3.10. The number of amides is 1. The number of anilines is 1. The lowest BCUT2D eigenvalue weighted by atomic mass is 9.93. The molecule has 9 nitrogen and oxygen atoms in total. The van der Waals surface area contributed by atoms with Crippen LogP contribution in [0.2, 0.25) is 0 Å². The predicted octanol–water partition coefficient (Wildman–Crippen LogP) is 2.90. The lowest BCUT2D eigenvalue weighted by Gasteiger charge is -2.36. The van der Waals surface area contributed by atoms with E-state index in [-0.39, 0.29) is 24.2 Å². The minimum Gasteiger partial charge on any atom is -0.486 e. The first-order valence-corrected chi connectivity index (χ1v) is 14.7. The molecule has 3 aliphatic rings. The number of nitrogens with zero attached hydrogens (tertiary/aromatic N) is 3. The van der Waals surface area contributed by atoms with E-state index >= 15 is 0 Å². The van der Waals surface area contributed by atoms with Crippen molar-refractivity contribution in [3.8, 4) is 5.75 Å². The number of fused-ring (bicyclic) bond motifs is 1. The molecule has 3 saturated heterocycles. The molecule has 38 heavy (non-hydrogen) atoms. The van der Waals surface area contributed by atoms with Crippen molar-refractivity contribution in [2.45, 2.75) is 44.9 Å². The summed E-state index contributed by atoms with van der Waals surface area (Å²) < 4.78 is 42.9. The summed E-state index contributed by atoms with van der Waals surface area (Å²) in [6.45, 7) is 7.02. The average Bonchev–Trinajstić information content (AvgIpc) is 3.49. The van der Waals surface area contributed by atoms with Crippen LogP contribution in [0, 0.1) is 19.8 Å². The molecule has 3 aliphatic heterocycles. The normalized spacial score (nSPS) is 26.4. The van der Waals surface area contributed by atoms with Crippen molar-refractivity contribution >= 4 is 21.8 Å². The zero-order valence-electron chi connectivity index (χ0n) is 22.6. The maximum atomic E-state index is 13.3. The molecule has 0 radical (unpaired) electrons. The number of rotatable bonds is 7. The van der Waals surface area contributed by atoms with Crippen molar-refractivity contribution in [2.24, 2.45) is 5.92 Å². The molecular weight excluding hydrogens is 504 g/mol. The second kappa shape index (κ2) is 10.8. The van der Waals surface area contributed by atoms with E-state index in [0.29, 0.717) is 42.6 Å². The summed E-state index contributed by atoms with van der Waals surface area (Å²) >= 11 is 0. The molecule has 0 spiro atoms. The summed E-state index contributed by atoms with van der Waals surface area (Å²) in [6, 6.07) is 12.9. The van der Waals surface area contributed by atoms with E-state index in [0.717, 1.165) is 37.1 Å². The van der Waals surface area contributed by atoms with Crippen LogP contribution in [0.15, 0.2) is 42.5 Å². The van der Waals surface area contributed by atoms with Crippen molar-refractivity contribution in [3.05, 3.63) is 59.2 Å². The van der Waals surface area contributed by atoms with Gasteiger partial charge in [0.05, 0.1) is 18.8 Å². The highest BCUT2D eigenvalue weighted by molar-refractivity contribution is 7.90. The number of aryl methyl sites for hydroxylation is 2. The van der Waals surface area contributed by atoms with Gasteiger partial charge < -0.3 is 19.3 Å². The average molecular weight is 543 g/mol. The number of benzene rings is 2. The minimum atomic E-state index is -3.70. The van der Waals surface area contributed by atoms with E-state index < -0.39 is 10.2 Å². The largest absolute Gasteiger partial charge is 0.486 e. The number of carbonyl (C=O) groups excluding carboxylic acids is 1. The number of hydrogen-bond donors (Lipinski definition) is 1. The molecule has 4 unspecified atom stereocenters. The molecule has 206 valence electrons. The predicted molar refractivity (Wildman–Crippen MR) is 147 cm³/mol. The van der Waals surface area contributed by atoms with Crippen molar-refractivity contribution in [1.82, 2.24) is 14.1 Å². The molecule has 2 aromatic rings. The summed E-state index contributed by atoms with van der Waals surface area (Å²) in [5.74, 6) is 0.896. The molecule has 3 heterocycles. The highest BCUT2D eigenvalue weighted by Crippen LogP contribution is 2.34. The Kier molecular flexibility index (Phi) is 7.68. The van der Waals surface area contributed by atoms with E-state index in [9.17, 15) is 13.2 Å². The maximum Gasteiger partial charge on any atom is 0.301 e. The number of likely N-dealkylation sites (N-methyl/N-ethyl adjacent to an activating group) is 1. The lowest BCUT2D eigenvalue weighted by Crippen LogP contribution is -2.49. The Morgan fingerprint density at radius 3 is 2.55 bits per heavy atom. The van der Waals surface area contributed by atoms with Gasteiger partial charge in [0.2, 0.25) is 0 Å². The molecule has 3 fully saturated rings. The number of likely N-dealkylation sites (tertiary alicyclic amines) is 2. The standard InChI is InChI=1S/C28H38N4O5S/c1-19-8-9-20(2)24(14-19)28(33)31-17-26(36-4)27(18-31)37-23-7-5-6-22(15-23)29-38(34,35)32-13-11-21-10-12-30(3)16-25(21)32/h5-9,14-15,21,25-27,29H,10-13,16-18H2,1-4H3. The molecule has 5 rings (SSSR count). The number of carbonyl (C=O) groups is 1. The molecule has 1 amide bonds. The topological polar surface area (TPSA) is 91.4 Å². The fourth-order valence-electron chi connectivity index (χ4n) is 5.96. The third-order valence-corrected chi connectivity index (χ3v) is 9.68. The lowest BCUT2D eigenvalue weighted by molar-refractivity contribution is 0.0340. The second-order valence-electron chi connectivity index (χ2n) is 10.9. The van der Waals surface area contributed by atoms with Crippen LogP contribution >= 0.6 is 0 Å². The molecule has 4 atom stereocenters. The monoisotopic (exact) mass is 542 g/mol.